The number of rotatable bonds is 7. The van der Waals surface area contributed by atoms with Crippen LogP contribution in [-0.4, -0.2) is 50.1 Å². The van der Waals surface area contributed by atoms with Crippen LogP contribution in [0.15, 0.2) is 77.7 Å². The quantitative estimate of drug-likeness (QED) is 0.315. The van der Waals surface area contributed by atoms with Crippen LogP contribution in [0.5, 0.6) is 5.88 Å². The number of piperidine rings is 1. The highest BCUT2D eigenvalue weighted by Crippen LogP contribution is 2.45. The van der Waals surface area contributed by atoms with E-state index in [1.165, 1.54) is 31.6 Å². The van der Waals surface area contributed by atoms with Gasteiger partial charge in [-0.2, -0.15) is 0 Å². The van der Waals surface area contributed by atoms with Gasteiger partial charge >= 0.3 is 0 Å². The number of hydrogen-bond acceptors (Lipinski definition) is 6. The Morgan fingerprint density at radius 2 is 1.85 bits per heavy atom. The smallest absolute Gasteiger partial charge is 0.217 e. The van der Waals surface area contributed by atoms with E-state index in [4.69, 9.17) is 21.3 Å². The van der Waals surface area contributed by atoms with Crippen LogP contribution in [0.25, 0.3) is 10.9 Å². The van der Waals surface area contributed by atoms with Gasteiger partial charge in [0.25, 0.3) is 0 Å². The first kappa shape index (κ1) is 27.5. The van der Waals surface area contributed by atoms with Crippen LogP contribution in [0.4, 0.5) is 4.39 Å². The number of aliphatic hydroxyl groups is 1. The molecule has 1 fully saturated rings. The maximum absolute atomic E-state index is 13.5. The van der Waals surface area contributed by atoms with Crippen molar-refractivity contribution >= 4 is 32.3 Å². The van der Waals surface area contributed by atoms with Gasteiger partial charge in [0.05, 0.1) is 23.1 Å². The summed E-state index contributed by atoms with van der Waals surface area (Å²) in [6, 6.07) is 20.3. The predicted molar refractivity (Wildman–Crippen MR) is 151 cm³/mol. The number of aromatic nitrogens is 1. The zero-order valence-electron chi connectivity index (χ0n) is 21.7. The fraction of sp³-hybridized carbons (Fsp3) is 0.300. The minimum absolute atomic E-state index is 0.0553. The number of methoxy groups -OCH3 is 1. The molecule has 0 radical (unpaired) electrons. The van der Waals surface area contributed by atoms with E-state index in [-0.39, 0.29) is 16.8 Å². The third kappa shape index (κ3) is 5.94. The van der Waals surface area contributed by atoms with E-state index in [0.29, 0.717) is 53.2 Å². The molecule has 0 bridgehead atoms. The number of nitrogens with zero attached hydrogens (tertiary/aromatic N) is 1. The Kier molecular flexibility index (Phi) is 7.66. The van der Waals surface area contributed by atoms with Crippen LogP contribution < -0.4 is 10.1 Å². The first-order chi connectivity index (χ1) is 18.6. The molecular weight excluding hydrogens is 539 g/mol. The normalized spacial score (nSPS) is 20.6. The number of benzene rings is 3. The minimum Gasteiger partial charge on any atom is -0.481 e. The largest absolute Gasteiger partial charge is 0.481 e. The molecule has 39 heavy (non-hydrogen) atoms. The molecule has 4 aromatic rings. The lowest BCUT2D eigenvalue weighted by atomic mass is 9.70. The lowest BCUT2D eigenvalue weighted by Gasteiger charge is -2.43. The van der Waals surface area contributed by atoms with Crippen molar-refractivity contribution in [1.82, 2.24) is 10.3 Å². The van der Waals surface area contributed by atoms with Crippen molar-refractivity contribution in [3.05, 3.63) is 100 Å². The molecule has 3 unspecified atom stereocenters. The zero-order chi connectivity index (χ0) is 27.8. The van der Waals surface area contributed by atoms with E-state index in [2.05, 4.69) is 5.32 Å². The van der Waals surface area contributed by atoms with Gasteiger partial charge in [-0.3, -0.25) is 0 Å². The van der Waals surface area contributed by atoms with Gasteiger partial charge in [0.2, 0.25) is 5.88 Å². The van der Waals surface area contributed by atoms with Crippen molar-refractivity contribution < 1.29 is 22.7 Å². The Morgan fingerprint density at radius 3 is 2.51 bits per heavy atom. The molecule has 0 spiro atoms. The fourth-order valence-corrected chi connectivity index (χ4v) is 6.38. The molecule has 1 aromatic heterocycles. The molecule has 5 rings (SSSR count). The Bertz CT molecular complexity index is 1600. The monoisotopic (exact) mass is 568 g/mol. The molecule has 2 N–H and O–H groups in total. The summed E-state index contributed by atoms with van der Waals surface area (Å²) in [5, 5.41) is 17.1. The SMILES string of the molecule is COc1nc2ccc(S(C)(=O)=O)cc2cc1C(c1ccc(Cl)cc1)C1(O)CCNC(Cc2ccc(F)cc2)C1. The molecule has 1 saturated heterocycles. The molecule has 0 saturated carbocycles. The summed E-state index contributed by atoms with van der Waals surface area (Å²) < 4.78 is 43.7. The van der Waals surface area contributed by atoms with Gasteiger partial charge in [-0.05, 0) is 85.5 Å². The topological polar surface area (TPSA) is 88.5 Å². The number of nitrogens with one attached hydrogen (secondary N) is 1. The summed E-state index contributed by atoms with van der Waals surface area (Å²) in [5.41, 5.74) is 1.86. The number of fused-ring (bicyclic) bond motifs is 1. The molecule has 9 heteroatoms. The van der Waals surface area contributed by atoms with Gasteiger partial charge in [-0.1, -0.05) is 35.9 Å². The molecule has 2 heterocycles. The molecule has 1 aliphatic rings. The minimum atomic E-state index is -3.43. The molecule has 1 aliphatic heterocycles. The summed E-state index contributed by atoms with van der Waals surface area (Å²) in [7, 11) is -1.89. The average molecular weight is 569 g/mol. The predicted octanol–water partition coefficient (Wildman–Crippen LogP) is 5.30. The molecule has 3 aromatic carbocycles. The second-order valence-electron chi connectivity index (χ2n) is 10.2. The summed E-state index contributed by atoms with van der Waals surface area (Å²) in [4.78, 5) is 4.89. The van der Waals surface area contributed by atoms with Crippen molar-refractivity contribution in [1.29, 1.82) is 0 Å². The lowest BCUT2D eigenvalue weighted by molar-refractivity contribution is -0.0191. The van der Waals surface area contributed by atoms with Crippen LogP contribution >= 0.6 is 11.6 Å². The number of halogens is 2. The number of pyridine rings is 1. The lowest BCUT2D eigenvalue weighted by Crippen LogP contribution is -2.52. The number of sulfone groups is 1. The number of ether oxygens (including phenoxy) is 1. The highest BCUT2D eigenvalue weighted by atomic mass is 35.5. The van der Waals surface area contributed by atoms with Crippen LogP contribution in [0.2, 0.25) is 5.02 Å². The molecule has 3 atom stereocenters. The Hall–Kier alpha value is -3.04. The third-order valence-corrected chi connectivity index (χ3v) is 8.80. The van der Waals surface area contributed by atoms with Gasteiger partial charge in [-0.15, -0.1) is 0 Å². The van der Waals surface area contributed by atoms with Crippen molar-refractivity contribution in [3.8, 4) is 5.88 Å². The van der Waals surface area contributed by atoms with Crippen LogP contribution in [0.3, 0.4) is 0 Å². The summed E-state index contributed by atoms with van der Waals surface area (Å²) in [6.07, 6.45) is 2.68. The second kappa shape index (κ2) is 10.8. The molecule has 0 amide bonds. The average Bonchev–Trinajstić information content (AvgIpc) is 2.90. The van der Waals surface area contributed by atoms with Crippen molar-refractivity contribution in [3.63, 3.8) is 0 Å². The Labute approximate surface area is 232 Å². The van der Waals surface area contributed by atoms with Crippen molar-refractivity contribution in [2.24, 2.45) is 0 Å². The molecule has 0 aliphatic carbocycles. The van der Waals surface area contributed by atoms with Gasteiger partial charge in [0, 0.05) is 34.2 Å². The number of hydrogen-bond donors (Lipinski definition) is 2. The zero-order valence-corrected chi connectivity index (χ0v) is 23.3. The third-order valence-electron chi connectivity index (χ3n) is 7.44. The Morgan fingerprint density at radius 1 is 1.13 bits per heavy atom. The fourth-order valence-electron chi connectivity index (χ4n) is 5.59. The van der Waals surface area contributed by atoms with Gasteiger partial charge in [0.15, 0.2) is 9.84 Å². The van der Waals surface area contributed by atoms with Gasteiger partial charge < -0.3 is 15.2 Å². The highest BCUT2D eigenvalue weighted by molar-refractivity contribution is 7.90. The molecule has 204 valence electrons. The van der Waals surface area contributed by atoms with E-state index in [1.54, 1.807) is 36.4 Å². The molecule has 6 nitrogen and oxygen atoms in total. The van der Waals surface area contributed by atoms with Gasteiger partial charge in [-0.25, -0.2) is 17.8 Å². The summed E-state index contributed by atoms with van der Waals surface area (Å²) in [5.74, 6) is -0.470. The molecular formula is C30H30ClFN2O4S. The first-order valence-electron chi connectivity index (χ1n) is 12.7. The van der Waals surface area contributed by atoms with Crippen LogP contribution in [0, 0.1) is 5.82 Å². The van der Waals surface area contributed by atoms with E-state index in [9.17, 15) is 17.9 Å². The standard InChI is InChI=1S/C30H30ClFN2O4S/c1-38-29-26(17-21-16-25(39(2,36)37)11-12-27(21)34-29)28(20-5-7-22(31)8-6-20)30(35)13-14-33-24(18-30)15-19-3-9-23(32)10-4-19/h3-12,16-17,24,28,33,35H,13-15,18H2,1-2H3. The van der Waals surface area contributed by atoms with E-state index in [1.807, 2.05) is 18.2 Å². The highest BCUT2D eigenvalue weighted by Gasteiger charge is 2.44. The van der Waals surface area contributed by atoms with Gasteiger partial charge in [0.1, 0.15) is 5.82 Å². The second-order valence-corrected chi connectivity index (χ2v) is 12.7. The maximum atomic E-state index is 13.5. The maximum Gasteiger partial charge on any atom is 0.217 e. The Balaban J connectivity index is 1.62. The van der Waals surface area contributed by atoms with E-state index in [0.717, 1.165) is 11.1 Å². The first-order valence-corrected chi connectivity index (χ1v) is 15.0. The summed E-state index contributed by atoms with van der Waals surface area (Å²) in [6.45, 7) is 0.577. The van der Waals surface area contributed by atoms with Crippen LogP contribution in [0.1, 0.15) is 35.4 Å². The van der Waals surface area contributed by atoms with Crippen molar-refractivity contribution in [2.75, 3.05) is 19.9 Å². The van der Waals surface area contributed by atoms with E-state index >= 15 is 0 Å². The van der Waals surface area contributed by atoms with Crippen LogP contribution in [-0.2, 0) is 16.3 Å². The van der Waals surface area contributed by atoms with E-state index < -0.39 is 21.4 Å². The summed E-state index contributed by atoms with van der Waals surface area (Å²) >= 11 is 6.21. The van der Waals surface area contributed by atoms with Crippen molar-refractivity contribution in [2.45, 2.75) is 41.7 Å².